The van der Waals surface area contributed by atoms with E-state index in [0.717, 1.165) is 12.8 Å². The number of hydrogen-bond acceptors (Lipinski definition) is 4. The molecule has 12 heavy (non-hydrogen) atoms. The summed E-state index contributed by atoms with van der Waals surface area (Å²) in [5, 5.41) is 16.2. The van der Waals surface area contributed by atoms with Gasteiger partial charge in [0.2, 0.25) is 0 Å². The number of aliphatic hydroxyl groups is 2. The van der Waals surface area contributed by atoms with Crippen LogP contribution in [0.4, 0.5) is 0 Å². The van der Waals surface area contributed by atoms with Crippen molar-refractivity contribution >= 4 is 10.4 Å². The summed E-state index contributed by atoms with van der Waals surface area (Å²) in [6, 6.07) is 0. The predicted molar refractivity (Wildman–Crippen MR) is 37.6 cm³/mol. The third-order valence-corrected chi connectivity index (χ3v) is 0.566. The van der Waals surface area contributed by atoms with Crippen molar-refractivity contribution in [2.45, 2.75) is 12.8 Å². The summed E-state index contributed by atoms with van der Waals surface area (Å²) >= 11 is 0. The molecule has 0 aromatic rings. The van der Waals surface area contributed by atoms with Crippen LogP contribution in [0.25, 0.3) is 0 Å². The molecule has 0 heterocycles. The Morgan fingerprint density at radius 1 is 0.917 bits per heavy atom. The van der Waals surface area contributed by atoms with E-state index in [0.29, 0.717) is 0 Å². The van der Waals surface area contributed by atoms with Gasteiger partial charge in [-0.1, -0.05) is 0 Å². The van der Waals surface area contributed by atoms with Gasteiger partial charge >= 0.3 is 10.4 Å². The molecule has 8 heteroatoms. The number of aliphatic hydroxyl groups excluding tert-OH is 2. The topological polar surface area (TPSA) is 115 Å². The zero-order valence-corrected chi connectivity index (χ0v) is 8.12. The van der Waals surface area contributed by atoms with Crippen LogP contribution in [0.5, 0.6) is 0 Å². The third-order valence-electron chi connectivity index (χ3n) is 0.566. The monoisotopic (exact) mass is 244 g/mol. The van der Waals surface area contributed by atoms with Crippen LogP contribution in [-0.2, 0) is 27.5 Å². The largest absolute Gasteiger partial charge is 0.396 e. The zero-order chi connectivity index (χ0) is 9.33. The SMILES string of the molecule is O=S(=O)(O)O.OCCCCO.[Fe]. The molecule has 0 rings (SSSR count). The van der Waals surface area contributed by atoms with Crippen LogP contribution in [0.2, 0.25) is 0 Å². The van der Waals surface area contributed by atoms with Crippen molar-refractivity contribution in [3.63, 3.8) is 0 Å². The summed E-state index contributed by atoms with van der Waals surface area (Å²) in [4.78, 5) is 0. The van der Waals surface area contributed by atoms with E-state index in [1.807, 2.05) is 0 Å². The van der Waals surface area contributed by atoms with E-state index in [2.05, 4.69) is 0 Å². The van der Waals surface area contributed by atoms with Gasteiger partial charge in [0.25, 0.3) is 0 Å². The van der Waals surface area contributed by atoms with Crippen molar-refractivity contribution in [2.24, 2.45) is 0 Å². The summed E-state index contributed by atoms with van der Waals surface area (Å²) < 4.78 is 31.6. The Morgan fingerprint density at radius 2 is 1.08 bits per heavy atom. The van der Waals surface area contributed by atoms with Crippen molar-refractivity contribution in [3.05, 3.63) is 0 Å². The molecule has 0 amide bonds. The molecule has 0 aliphatic carbocycles. The van der Waals surface area contributed by atoms with Crippen molar-refractivity contribution in [1.82, 2.24) is 0 Å². The number of hydrogen-bond donors (Lipinski definition) is 4. The molecular weight excluding hydrogens is 232 g/mol. The fourth-order valence-corrected chi connectivity index (χ4v) is 0.224. The second-order valence-electron chi connectivity index (χ2n) is 1.60. The molecule has 0 bridgehead atoms. The maximum Gasteiger partial charge on any atom is 0.394 e. The van der Waals surface area contributed by atoms with Gasteiger partial charge in [-0.15, -0.1) is 0 Å². The first-order chi connectivity index (χ1) is 4.91. The van der Waals surface area contributed by atoms with Crippen molar-refractivity contribution in [1.29, 1.82) is 0 Å². The van der Waals surface area contributed by atoms with Gasteiger partial charge in [-0.05, 0) is 12.8 Å². The van der Waals surface area contributed by atoms with E-state index >= 15 is 0 Å². The van der Waals surface area contributed by atoms with Gasteiger partial charge in [0.05, 0.1) is 0 Å². The molecule has 0 spiro atoms. The molecule has 0 saturated heterocycles. The molecule has 0 aliphatic heterocycles. The summed E-state index contributed by atoms with van der Waals surface area (Å²) in [6.07, 6.45) is 1.44. The predicted octanol–water partition coefficient (Wildman–Crippen LogP) is -0.904. The van der Waals surface area contributed by atoms with Crippen LogP contribution in [0.3, 0.4) is 0 Å². The molecule has 0 radical (unpaired) electrons. The van der Waals surface area contributed by atoms with Gasteiger partial charge in [-0.2, -0.15) is 8.42 Å². The van der Waals surface area contributed by atoms with Crippen LogP contribution >= 0.6 is 0 Å². The Labute approximate surface area is 81.7 Å². The summed E-state index contributed by atoms with van der Waals surface area (Å²) in [7, 11) is -4.67. The van der Waals surface area contributed by atoms with Crippen molar-refractivity contribution < 1.29 is 44.8 Å². The van der Waals surface area contributed by atoms with E-state index in [-0.39, 0.29) is 30.3 Å². The molecule has 0 saturated carbocycles. The standard InChI is InChI=1S/C4H10O2.Fe.H2O4S/c5-3-1-2-4-6;;1-5(2,3)4/h5-6H,1-4H2;;(H2,1,2,3,4). The van der Waals surface area contributed by atoms with Gasteiger partial charge in [-0.3, -0.25) is 9.11 Å². The third kappa shape index (κ3) is 81.6. The van der Waals surface area contributed by atoms with Crippen molar-refractivity contribution in [2.75, 3.05) is 13.2 Å². The second-order valence-corrected chi connectivity index (χ2v) is 2.50. The van der Waals surface area contributed by atoms with Crippen LogP contribution in [-0.4, -0.2) is 41.0 Å². The number of rotatable bonds is 3. The molecule has 78 valence electrons. The van der Waals surface area contributed by atoms with Gasteiger partial charge in [0.15, 0.2) is 0 Å². The van der Waals surface area contributed by atoms with Crippen LogP contribution in [0, 0.1) is 0 Å². The van der Waals surface area contributed by atoms with E-state index in [1.165, 1.54) is 0 Å². The normalized spacial score (nSPS) is 9.33. The first-order valence-electron chi connectivity index (χ1n) is 2.83. The number of unbranched alkanes of at least 4 members (excludes halogenated alkanes) is 1. The molecule has 0 aromatic carbocycles. The molecule has 0 aromatic heterocycles. The molecular formula is C4H12FeO6S. The average Bonchev–Trinajstić information content (AvgIpc) is 1.79. The smallest absolute Gasteiger partial charge is 0.394 e. The first kappa shape index (κ1) is 18.2. The Bertz CT molecular complexity index is 143. The summed E-state index contributed by atoms with van der Waals surface area (Å²) in [6.45, 7) is 0.390. The molecule has 0 fully saturated rings. The van der Waals surface area contributed by atoms with E-state index in [4.69, 9.17) is 27.7 Å². The molecule has 6 nitrogen and oxygen atoms in total. The van der Waals surface area contributed by atoms with Crippen LogP contribution in [0.1, 0.15) is 12.8 Å². The Hall–Kier alpha value is 0.309. The first-order valence-corrected chi connectivity index (χ1v) is 4.23. The fourth-order valence-electron chi connectivity index (χ4n) is 0.224. The zero-order valence-electron chi connectivity index (χ0n) is 6.20. The minimum atomic E-state index is -4.67. The molecule has 0 unspecified atom stereocenters. The van der Waals surface area contributed by atoms with E-state index < -0.39 is 10.4 Å². The van der Waals surface area contributed by atoms with Crippen molar-refractivity contribution in [3.8, 4) is 0 Å². The maximum absolute atomic E-state index is 8.74. The minimum Gasteiger partial charge on any atom is -0.396 e. The van der Waals surface area contributed by atoms with Gasteiger partial charge in [-0.25, -0.2) is 0 Å². The minimum absolute atomic E-state index is 0. The Balaban J connectivity index is -0.000000126. The fraction of sp³-hybridized carbons (Fsp3) is 1.00. The van der Waals surface area contributed by atoms with Crippen LogP contribution in [0.15, 0.2) is 0 Å². The summed E-state index contributed by atoms with van der Waals surface area (Å²) in [5.41, 5.74) is 0. The average molecular weight is 244 g/mol. The Kier molecular flexibility index (Phi) is 17.1. The van der Waals surface area contributed by atoms with E-state index in [1.54, 1.807) is 0 Å². The van der Waals surface area contributed by atoms with Gasteiger partial charge in [0, 0.05) is 30.3 Å². The summed E-state index contributed by atoms with van der Waals surface area (Å²) in [5.74, 6) is 0. The van der Waals surface area contributed by atoms with E-state index in [9.17, 15) is 0 Å². The van der Waals surface area contributed by atoms with Gasteiger partial charge < -0.3 is 10.2 Å². The molecule has 0 aliphatic rings. The van der Waals surface area contributed by atoms with Gasteiger partial charge in [0.1, 0.15) is 0 Å². The van der Waals surface area contributed by atoms with Crippen LogP contribution < -0.4 is 0 Å². The second kappa shape index (κ2) is 11.3. The molecule has 4 N–H and O–H groups in total. The Morgan fingerprint density at radius 3 is 1.17 bits per heavy atom. The quantitative estimate of drug-likeness (QED) is 0.290. The maximum atomic E-state index is 8.74. The molecule has 0 atom stereocenters.